The SMILES string of the molecule is CC[NH+](CCC[C@H](C(=O)C(C)(C)C)C(F)(F)F)CCS(=O)(=O)O. The van der Waals surface area contributed by atoms with Crippen molar-refractivity contribution in [2.45, 2.75) is 46.7 Å². The minimum Gasteiger partial charge on any atom is -0.334 e. The zero-order chi connectivity index (χ0) is 18.5. The number of Topliss-reactive ketones (excluding diaryl/α,β-unsaturated/α-hetero) is 1. The third kappa shape index (κ3) is 9.26. The van der Waals surface area contributed by atoms with Crippen LogP contribution in [0.3, 0.4) is 0 Å². The summed E-state index contributed by atoms with van der Waals surface area (Å²) in [5, 5.41) is 0. The number of hydrogen-bond acceptors (Lipinski definition) is 3. The summed E-state index contributed by atoms with van der Waals surface area (Å²) in [5.74, 6) is -3.26. The zero-order valence-corrected chi connectivity index (χ0v) is 14.9. The summed E-state index contributed by atoms with van der Waals surface area (Å²) >= 11 is 0. The van der Waals surface area contributed by atoms with Gasteiger partial charge in [0.05, 0.1) is 19.6 Å². The Hall–Kier alpha value is -0.670. The van der Waals surface area contributed by atoms with Gasteiger partial charge in [-0.05, 0) is 19.8 Å². The number of hydrogen-bond donors (Lipinski definition) is 2. The van der Waals surface area contributed by atoms with Crippen LogP contribution < -0.4 is 4.90 Å². The first-order valence-corrected chi connectivity index (χ1v) is 9.19. The summed E-state index contributed by atoms with van der Waals surface area (Å²) in [6, 6.07) is 0. The normalized spacial score (nSPS) is 16.2. The number of rotatable bonds is 9. The Morgan fingerprint density at radius 2 is 1.70 bits per heavy atom. The van der Waals surface area contributed by atoms with E-state index in [1.807, 2.05) is 0 Å². The number of carbonyl (C=O) groups is 1. The van der Waals surface area contributed by atoms with Crippen molar-refractivity contribution in [1.29, 1.82) is 0 Å². The lowest BCUT2D eigenvalue weighted by Crippen LogP contribution is -3.12. The van der Waals surface area contributed by atoms with Gasteiger partial charge in [-0.1, -0.05) is 20.8 Å². The molecule has 0 fully saturated rings. The van der Waals surface area contributed by atoms with E-state index in [2.05, 4.69) is 0 Å². The number of ketones is 1. The molecule has 0 aliphatic rings. The van der Waals surface area contributed by atoms with E-state index in [-0.39, 0.29) is 19.4 Å². The third-order valence-corrected chi connectivity index (χ3v) is 4.41. The number of nitrogens with one attached hydrogen (secondary N) is 1. The Labute approximate surface area is 136 Å². The topological polar surface area (TPSA) is 75.9 Å². The second-order valence-electron chi connectivity index (χ2n) is 6.74. The van der Waals surface area contributed by atoms with Crippen LogP contribution in [0.15, 0.2) is 0 Å². The summed E-state index contributed by atoms with van der Waals surface area (Å²) < 4.78 is 69.4. The van der Waals surface area contributed by atoms with Crippen molar-refractivity contribution >= 4 is 15.9 Å². The summed E-state index contributed by atoms with van der Waals surface area (Å²) in [5.41, 5.74) is -1.07. The van der Waals surface area contributed by atoms with E-state index in [0.717, 1.165) is 4.90 Å². The van der Waals surface area contributed by atoms with Crippen molar-refractivity contribution < 1.29 is 35.8 Å². The second-order valence-corrected chi connectivity index (χ2v) is 8.31. The summed E-state index contributed by atoms with van der Waals surface area (Å²) in [6.45, 7) is 7.13. The fraction of sp³-hybridized carbons (Fsp3) is 0.929. The van der Waals surface area contributed by atoms with Crippen molar-refractivity contribution in [3.63, 3.8) is 0 Å². The standard InChI is InChI=1S/C14H26F3NO4S/c1-5-18(9-10-23(20,21)22)8-6-7-11(14(15,16)17)12(19)13(2,3)4/h11H,5-10H2,1-4H3,(H,20,21,22)/p+1/t11-/m1/s1. The minimum atomic E-state index is -4.58. The molecule has 0 saturated carbocycles. The van der Waals surface area contributed by atoms with Crippen molar-refractivity contribution in [3.05, 3.63) is 0 Å². The molecule has 0 rings (SSSR count). The summed E-state index contributed by atoms with van der Waals surface area (Å²) in [6.07, 6.45) is -4.74. The van der Waals surface area contributed by atoms with Crippen LogP contribution >= 0.6 is 0 Å². The molecule has 0 aromatic heterocycles. The van der Waals surface area contributed by atoms with E-state index in [0.29, 0.717) is 13.1 Å². The van der Waals surface area contributed by atoms with Gasteiger partial charge in [-0.15, -0.1) is 0 Å². The molecular weight excluding hydrogens is 335 g/mol. The summed E-state index contributed by atoms with van der Waals surface area (Å²) in [4.78, 5) is 12.7. The lowest BCUT2D eigenvalue weighted by atomic mass is 9.81. The maximum absolute atomic E-state index is 13.1. The first-order valence-electron chi connectivity index (χ1n) is 7.58. The molecule has 0 aromatic rings. The van der Waals surface area contributed by atoms with Crippen molar-refractivity contribution in [2.24, 2.45) is 11.3 Å². The fourth-order valence-corrected chi connectivity index (χ4v) is 2.82. The van der Waals surface area contributed by atoms with Crippen LogP contribution in [0.1, 0.15) is 40.5 Å². The maximum Gasteiger partial charge on any atom is 0.398 e. The van der Waals surface area contributed by atoms with Gasteiger partial charge in [0.2, 0.25) is 0 Å². The molecule has 138 valence electrons. The highest BCUT2D eigenvalue weighted by Crippen LogP contribution is 2.35. The van der Waals surface area contributed by atoms with Gasteiger partial charge in [0.1, 0.15) is 17.5 Å². The molecule has 2 N–H and O–H groups in total. The molecule has 9 heteroatoms. The van der Waals surface area contributed by atoms with E-state index in [9.17, 15) is 26.4 Å². The van der Waals surface area contributed by atoms with Crippen LogP contribution in [0.25, 0.3) is 0 Å². The van der Waals surface area contributed by atoms with Gasteiger partial charge < -0.3 is 4.90 Å². The quantitative estimate of drug-likeness (QED) is 0.607. The molecule has 0 heterocycles. The number of alkyl halides is 3. The van der Waals surface area contributed by atoms with Crippen molar-refractivity contribution in [1.82, 2.24) is 0 Å². The molecule has 23 heavy (non-hydrogen) atoms. The van der Waals surface area contributed by atoms with Crippen LogP contribution in [0, 0.1) is 11.3 Å². The van der Waals surface area contributed by atoms with E-state index in [1.54, 1.807) is 6.92 Å². The van der Waals surface area contributed by atoms with Gasteiger partial charge in [0, 0.05) is 5.41 Å². The predicted octanol–water partition coefficient (Wildman–Crippen LogP) is 1.35. The lowest BCUT2D eigenvalue weighted by Gasteiger charge is -2.27. The smallest absolute Gasteiger partial charge is 0.334 e. The third-order valence-electron chi connectivity index (χ3n) is 3.69. The molecule has 0 aromatic carbocycles. The second kappa shape index (κ2) is 8.43. The molecule has 0 amide bonds. The molecule has 0 spiro atoms. The maximum atomic E-state index is 13.1. The Bertz CT molecular complexity index is 483. The predicted molar refractivity (Wildman–Crippen MR) is 80.9 cm³/mol. The van der Waals surface area contributed by atoms with E-state index in [1.165, 1.54) is 20.8 Å². The van der Waals surface area contributed by atoms with E-state index >= 15 is 0 Å². The number of halogens is 3. The molecular formula is C14H27F3NO4S+. The van der Waals surface area contributed by atoms with Gasteiger partial charge in [-0.2, -0.15) is 21.6 Å². The van der Waals surface area contributed by atoms with Gasteiger partial charge in [-0.3, -0.25) is 9.35 Å². The monoisotopic (exact) mass is 362 g/mol. The largest absolute Gasteiger partial charge is 0.398 e. The first-order chi connectivity index (χ1) is 10.2. The molecule has 0 aliphatic heterocycles. The molecule has 5 nitrogen and oxygen atoms in total. The van der Waals surface area contributed by atoms with Gasteiger partial charge in [0.15, 0.2) is 0 Å². The van der Waals surface area contributed by atoms with Crippen LogP contribution in [0.5, 0.6) is 0 Å². The Balaban J connectivity index is 4.66. The van der Waals surface area contributed by atoms with Crippen molar-refractivity contribution in [2.75, 3.05) is 25.4 Å². The van der Waals surface area contributed by atoms with Crippen LogP contribution in [0.2, 0.25) is 0 Å². The number of carbonyl (C=O) groups excluding carboxylic acids is 1. The molecule has 1 unspecified atom stereocenters. The number of quaternary nitrogens is 1. The first kappa shape index (κ1) is 22.3. The Morgan fingerprint density at radius 3 is 2.04 bits per heavy atom. The van der Waals surface area contributed by atoms with Crippen LogP contribution in [-0.2, 0) is 14.9 Å². The van der Waals surface area contributed by atoms with Gasteiger partial charge in [-0.25, -0.2) is 0 Å². The van der Waals surface area contributed by atoms with Crippen LogP contribution in [0.4, 0.5) is 13.2 Å². The summed E-state index contributed by atoms with van der Waals surface area (Å²) in [7, 11) is -4.08. The fourth-order valence-electron chi connectivity index (χ4n) is 2.27. The molecule has 0 aliphatic carbocycles. The van der Waals surface area contributed by atoms with Gasteiger partial charge in [0.25, 0.3) is 10.1 Å². The Kier molecular flexibility index (Phi) is 8.19. The van der Waals surface area contributed by atoms with Crippen molar-refractivity contribution in [3.8, 4) is 0 Å². The van der Waals surface area contributed by atoms with E-state index < -0.39 is 39.2 Å². The lowest BCUT2D eigenvalue weighted by molar-refractivity contribution is -0.896. The van der Waals surface area contributed by atoms with E-state index in [4.69, 9.17) is 4.55 Å². The highest BCUT2D eigenvalue weighted by Gasteiger charge is 2.47. The average molecular weight is 362 g/mol. The minimum absolute atomic E-state index is 0.124. The average Bonchev–Trinajstić information content (AvgIpc) is 2.33. The Morgan fingerprint density at radius 1 is 1.17 bits per heavy atom. The molecule has 0 saturated heterocycles. The van der Waals surface area contributed by atoms with Crippen LogP contribution in [-0.4, -0.2) is 50.3 Å². The van der Waals surface area contributed by atoms with Gasteiger partial charge >= 0.3 is 6.18 Å². The zero-order valence-electron chi connectivity index (χ0n) is 14.0. The molecule has 2 atom stereocenters. The highest BCUT2D eigenvalue weighted by molar-refractivity contribution is 7.85. The highest BCUT2D eigenvalue weighted by atomic mass is 32.2. The molecule has 0 radical (unpaired) electrons. The molecule has 0 bridgehead atoms.